The smallest absolute Gasteiger partial charge is 0.222 e. The molecule has 4 nitrogen and oxygen atoms in total. The summed E-state index contributed by atoms with van der Waals surface area (Å²) < 4.78 is 0. The lowest BCUT2D eigenvalue weighted by molar-refractivity contribution is -0.132. The van der Waals surface area contributed by atoms with Gasteiger partial charge >= 0.3 is 0 Å². The minimum atomic E-state index is 0.273. The second-order valence-corrected chi connectivity index (χ2v) is 6.95. The Morgan fingerprint density at radius 2 is 1.80 bits per heavy atom. The van der Waals surface area contributed by atoms with Gasteiger partial charge in [-0.15, -0.1) is 0 Å². The number of para-hydroxylation sites is 1. The van der Waals surface area contributed by atoms with Gasteiger partial charge in [0.15, 0.2) is 0 Å². The number of amides is 1. The third-order valence-electron chi connectivity index (χ3n) is 4.90. The third kappa shape index (κ3) is 4.38. The van der Waals surface area contributed by atoms with Crippen molar-refractivity contribution in [1.82, 2.24) is 9.88 Å². The first-order valence-corrected chi connectivity index (χ1v) is 9.15. The highest BCUT2D eigenvalue weighted by atomic mass is 16.2. The predicted octanol–water partition coefficient (Wildman–Crippen LogP) is 3.53. The number of rotatable bonds is 5. The molecule has 3 rings (SSSR count). The predicted molar refractivity (Wildman–Crippen MR) is 102 cm³/mol. The summed E-state index contributed by atoms with van der Waals surface area (Å²) in [6, 6.07) is 15.2. The Kier molecular flexibility index (Phi) is 5.69. The van der Waals surface area contributed by atoms with Crippen LogP contribution in [0.15, 0.2) is 54.9 Å². The van der Waals surface area contributed by atoms with Crippen LogP contribution in [-0.2, 0) is 11.2 Å². The molecular weight excluding hydrogens is 310 g/mol. The molecule has 2 unspecified atom stereocenters. The van der Waals surface area contributed by atoms with Crippen LogP contribution in [-0.4, -0.2) is 41.0 Å². The van der Waals surface area contributed by atoms with Gasteiger partial charge < -0.3 is 9.80 Å². The summed E-state index contributed by atoms with van der Waals surface area (Å²) in [7, 11) is 0. The van der Waals surface area contributed by atoms with Crippen LogP contribution in [0.1, 0.15) is 32.3 Å². The minimum Gasteiger partial charge on any atom is -0.363 e. The Hall–Kier alpha value is -2.36. The fraction of sp³-hybridized carbons (Fsp3) is 0.429. The zero-order valence-corrected chi connectivity index (χ0v) is 15.1. The average Bonchev–Trinajstić information content (AvgIpc) is 2.63. The van der Waals surface area contributed by atoms with Crippen LogP contribution < -0.4 is 4.90 Å². The Bertz CT molecular complexity index is 662. The fourth-order valence-electron chi connectivity index (χ4n) is 3.78. The fourth-order valence-corrected chi connectivity index (χ4v) is 3.78. The summed E-state index contributed by atoms with van der Waals surface area (Å²) in [5, 5.41) is 0. The van der Waals surface area contributed by atoms with Crippen molar-refractivity contribution in [2.24, 2.45) is 0 Å². The van der Waals surface area contributed by atoms with Crippen molar-refractivity contribution in [3.8, 4) is 0 Å². The van der Waals surface area contributed by atoms with Crippen molar-refractivity contribution in [3.63, 3.8) is 0 Å². The molecule has 0 spiro atoms. The van der Waals surface area contributed by atoms with Crippen molar-refractivity contribution >= 4 is 11.6 Å². The number of aryl methyl sites for hydroxylation is 1. The van der Waals surface area contributed by atoms with Crippen molar-refractivity contribution in [3.05, 3.63) is 60.4 Å². The Morgan fingerprint density at radius 3 is 2.44 bits per heavy atom. The second-order valence-electron chi connectivity index (χ2n) is 6.95. The molecule has 2 atom stereocenters. The van der Waals surface area contributed by atoms with Gasteiger partial charge in [0.2, 0.25) is 5.91 Å². The summed E-state index contributed by atoms with van der Waals surface area (Å²) in [6.45, 7) is 6.01. The standard InChI is InChI=1S/C21H27N3O/c1-17-15-23(16-18(2)24(17)20-10-4-3-5-11-20)21(25)12-6-8-19-9-7-13-22-14-19/h3-5,7,9-11,13-14,17-18H,6,8,12,15-16H2,1-2H3. The normalized spacial score (nSPS) is 20.6. The van der Waals surface area contributed by atoms with Crippen LogP contribution in [0.25, 0.3) is 0 Å². The number of piperazine rings is 1. The maximum Gasteiger partial charge on any atom is 0.222 e. The molecule has 4 heteroatoms. The van der Waals surface area contributed by atoms with Crippen LogP contribution in [0.2, 0.25) is 0 Å². The Labute approximate surface area is 150 Å². The quantitative estimate of drug-likeness (QED) is 0.837. The van der Waals surface area contributed by atoms with Gasteiger partial charge in [-0.25, -0.2) is 0 Å². The van der Waals surface area contributed by atoms with Gasteiger partial charge in [0, 0.05) is 49.7 Å². The van der Waals surface area contributed by atoms with Gasteiger partial charge in [-0.05, 0) is 50.5 Å². The molecule has 0 radical (unpaired) electrons. The summed E-state index contributed by atoms with van der Waals surface area (Å²) >= 11 is 0. The van der Waals surface area contributed by atoms with Crippen LogP contribution in [0.4, 0.5) is 5.69 Å². The lowest BCUT2D eigenvalue weighted by atomic mass is 10.0. The number of carbonyl (C=O) groups excluding carboxylic acids is 1. The monoisotopic (exact) mass is 337 g/mol. The number of hydrogen-bond acceptors (Lipinski definition) is 3. The molecule has 132 valence electrons. The lowest BCUT2D eigenvalue weighted by Crippen LogP contribution is -2.58. The van der Waals surface area contributed by atoms with Gasteiger partial charge in [0.05, 0.1) is 0 Å². The van der Waals surface area contributed by atoms with Crippen molar-refractivity contribution in [2.45, 2.75) is 45.2 Å². The number of hydrogen-bond donors (Lipinski definition) is 0. The summed E-state index contributed by atoms with van der Waals surface area (Å²) in [6.07, 6.45) is 6.07. The highest BCUT2D eigenvalue weighted by molar-refractivity contribution is 5.76. The number of pyridine rings is 1. The zero-order valence-electron chi connectivity index (χ0n) is 15.1. The number of benzene rings is 1. The molecule has 2 heterocycles. The molecule has 1 aromatic carbocycles. The topological polar surface area (TPSA) is 36.4 Å². The first-order chi connectivity index (χ1) is 12.1. The van der Waals surface area contributed by atoms with Gasteiger partial charge in [-0.1, -0.05) is 24.3 Å². The third-order valence-corrected chi connectivity index (χ3v) is 4.90. The molecule has 1 fully saturated rings. The largest absolute Gasteiger partial charge is 0.363 e. The number of aromatic nitrogens is 1. The van der Waals surface area contributed by atoms with E-state index in [1.54, 1.807) is 6.20 Å². The molecule has 0 bridgehead atoms. The van der Waals surface area contributed by atoms with E-state index in [9.17, 15) is 4.79 Å². The lowest BCUT2D eigenvalue weighted by Gasteiger charge is -2.46. The number of nitrogens with zero attached hydrogens (tertiary/aromatic N) is 3. The van der Waals surface area contributed by atoms with E-state index in [-0.39, 0.29) is 5.91 Å². The molecule has 1 saturated heterocycles. The maximum atomic E-state index is 12.6. The van der Waals surface area contributed by atoms with E-state index >= 15 is 0 Å². The Morgan fingerprint density at radius 1 is 1.08 bits per heavy atom. The molecule has 1 aliphatic rings. The summed E-state index contributed by atoms with van der Waals surface area (Å²) in [4.78, 5) is 21.2. The van der Waals surface area contributed by atoms with E-state index in [2.05, 4.69) is 54.1 Å². The van der Waals surface area contributed by atoms with Crippen LogP contribution in [0.3, 0.4) is 0 Å². The summed E-state index contributed by atoms with van der Waals surface area (Å²) in [5.41, 5.74) is 2.44. The molecule has 1 aromatic heterocycles. The maximum absolute atomic E-state index is 12.6. The van der Waals surface area contributed by atoms with Gasteiger partial charge in [0.1, 0.15) is 0 Å². The zero-order chi connectivity index (χ0) is 17.6. The second kappa shape index (κ2) is 8.15. The first kappa shape index (κ1) is 17.5. The first-order valence-electron chi connectivity index (χ1n) is 9.15. The highest BCUT2D eigenvalue weighted by Gasteiger charge is 2.31. The molecule has 1 aliphatic heterocycles. The van der Waals surface area contributed by atoms with Crippen molar-refractivity contribution in [1.29, 1.82) is 0 Å². The molecule has 2 aromatic rings. The van der Waals surface area contributed by atoms with E-state index < -0.39 is 0 Å². The molecular formula is C21H27N3O. The average molecular weight is 337 g/mol. The van der Waals surface area contributed by atoms with Gasteiger partial charge in [-0.2, -0.15) is 0 Å². The minimum absolute atomic E-state index is 0.273. The van der Waals surface area contributed by atoms with E-state index in [1.807, 2.05) is 23.2 Å². The number of anilines is 1. The van der Waals surface area contributed by atoms with Crippen molar-refractivity contribution < 1.29 is 4.79 Å². The van der Waals surface area contributed by atoms with E-state index in [4.69, 9.17) is 0 Å². The summed E-state index contributed by atoms with van der Waals surface area (Å²) in [5.74, 6) is 0.273. The molecule has 0 aliphatic carbocycles. The van der Waals surface area contributed by atoms with Gasteiger partial charge in [0.25, 0.3) is 0 Å². The van der Waals surface area contributed by atoms with Crippen LogP contribution in [0.5, 0.6) is 0 Å². The number of carbonyl (C=O) groups is 1. The molecule has 25 heavy (non-hydrogen) atoms. The highest BCUT2D eigenvalue weighted by Crippen LogP contribution is 2.24. The van der Waals surface area contributed by atoms with E-state index in [1.165, 1.54) is 11.3 Å². The molecule has 1 amide bonds. The van der Waals surface area contributed by atoms with Crippen LogP contribution >= 0.6 is 0 Å². The van der Waals surface area contributed by atoms with Crippen molar-refractivity contribution in [2.75, 3.05) is 18.0 Å². The molecule has 0 saturated carbocycles. The molecule has 0 N–H and O–H groups in total. The van der Waals surface area contributed by atoms with Gasteiger partial charge in [-0.3, -0.25) is 9.78 Å². The van der Waals surface area contributed by atoms with E-state index in [0.717, 1.165) is 25.9 Å². The SMILES string of the molecule is CC1CN(C(=O)CCCc2cccnc2)CC(C)N1c1ccccc1. The Balaban J connectivity index is 1.53. The van der Waals surface area contributed by atoms with E-state index in [0.29, 0.717) is 18.5 Å². The van der Waals surface area contributed by atoms with Crippen LogP contribution in [0, 0.1) is 0 Å².